The number of hydrogen-bond donors (Lipinski definition) is 3. The Morgan fingerprint density at radius 2 is 2.08 bits per heavy atom. The Bertz CT molecular complexity index is 682. The van der Waals surface area contributed by atoms with Crippen LogP contribution in [0.5, 0.6) is 0 Å². The zero-order valence-electron chi connectivity index (χ0n) is 15.3. The molecule has 1 unspecified atom stereocenters. The lowest BCUT2D eigenvalue weighted by molar-refractivity contribution is -0.123. The summed E-state index contributed by atoms with van der Waals surface area (Å²) >= 11 is 1.65. The van der Waals surface area contributed by atoms with Gasteiger partial charge in [0.25, 0.3) is 0 Å². The van der Waals surface area contributed by atoms with Crippen LogP contribution >= 0.6 is 11.3 Å². The molecule has 26 heavy (non-hydrogen) atoms. The summed E-state index contributed by atoms with van der Waals surface area (Å²) in [7, 11) is 0. The van der Waals surface area contributed by atoms with Gasteiger partial charge < -0.3 is 16.0 Å². The van der Waals surface area contributed by atoms with Crippen LogP contribution < -0.4 is 16.0 Å². The zero-order valence-corrected chi connectivity index (χ0v) is 16.1. The first-order chi connectivity index (χ1) is 12.7. The van der Waals surface area contributed by atoms with E-state index in [-0.39, 0.29) is 11.9 Å². The van der Waals surface area contributed by atoms with Gasteiger partial charge in [-0.15, -0.1) is 11.3 Å². The van der Waals surface area contributed by atoms with Crippen LogP contribution in [0.15, 0.2) is 36.0 Å². The topological polar surface area (TPSA) is 66.0 Å². The van der Waals surface area contributed by atoms with E-state index < -0.39 is 0 Å². The van der Waals surface area contributed by atoms with Crippen LogP contribution in [0.4, 0.5) is 0 Å². The van der Waals surface area contributed by atoms with Crippen LogP contribution in [0.3, 0.4) is 0 Å². The lowest BCUT2D eigenvalue weighted by Crippen LogP contribution is -2.38. The van der Waals surface area contributed by atoms with Crippen LogP contribution in [-0.2, 0) is 11.3 Å². The minimum atomic E-state index is -0.279. The van der Waals surface area contributed by atoms with Crippen LogP contribution in [0.1, 0.15) is 41.3 Å². The molecule has 3 N–H and O–H groups in total. The molecule has 0 spiro atoms. The lowest BCUT2D eigenvalue weighted by atomic mass is 9.94. The summed E-state index contributed by atoms with van der Waals surface area (Å²) in [4.78, 5) is 18.0. The summed E-state index contributed by atoms with van der Waals surface area (Å²) in [6.45, 7) is 5.70. The fraction of sp³-hybridized carbons (Fsp3) is 0.500. The molecule has 3 heterocycles. The Morgan fingerprint density at radius 1 is 1.31 bits per heavy atom. The van der Waals surface area contributed by atoms with Gasteiger partial charge >= 0.3 is 0 Å². The van der Waals surface area contributed by atoms with Gasteiger partial charge in [-0.3, -0.25) is 9.78 Å². The largest absolute Gasteiger partial charge is 0.350 e. The second-order valence-corrected chi connectivity index (χ2v) is 7.86. The van der Waals surface area contributed by atoms with Crippen molar-refractivity contribution < 1.29 is 4.79 Å². The Balaban J connectivity index is 1.57. The van der Waals surface area contributed by atoms with Crippen molar-refractivity contribution in [3.63, 3.8) is 0 Å². The van der Waals surface area contributed by atoms with E-state index in [0.29, 0.717) is 6.54 Å². The first-order valence-electron chi connectivity index (χ1n) is 9.38. The second kappa shape index (κ2) is 9.80. The maximum atomic E-state index is 12.9. The predicted molar refractivity (Wildman–Crippen MR) is 106 cm³/mol. The highest BCUT2D eigenvalue weighted by molar-refractivity contribution is 7.10. The third kappa shape index (κ3) is 5.37. The standard InChI is InChI=1S/C20H28N4OS/c1-15-7-13-26-19(15)18(23-12-6-16-2-8-21-9-3-16)20(25)24-14-17-4-10-22-11-5-17/h4-5,7,10-11,13,16,18,21,23H,2-3,6,8-9,12,14H2,1H3,(H,24,25). The van der Waals surface area contributed by atoms with Gasteiger partial charge in [0.1, 0.15) is 6.04 Å². The molecule has 0 saturated carbocycles. The number of carbonyl (C=O) groups is 1. The number of thiophene rings is 1. The van der Waals surface area contributed by atoms with Crippen molar-refractivity contribution in [3.05, 3.63) is 52.0 Å². The van der Waals surface area contributed by atoms with E-state index >= 15 is 0 Å². The Hall–Kier alpha value is -1.76. The van der Waals surface area contributed by atoms with Gasteiger partial charge in [-0.05, 0) is 86.4 Å². The van der Waals surface area contributed by atoms with E-state index in [1.165, 1.54) is 18.4 Å². The van der Waals surface area contributed by atoms with Crippen LogP contribution in [0, 0.1) is 12.8 Å². The highest BCUT2D eigenvalue weighted by Crippen LogP contribution is 2.25. The van der Waals surface area contributed by atoms with Gasteiger partial charge in [-0.2, -0.15) is 0 Å². The molecule has 1 amide bonds. The quantitative estimate of drug-likeness (QED) is 0.667. The molecule has 0 bridgehead atoms. The number of piperidine rings is 1. The number of amides is 1. The maximum absolute atomic E-state index is 12.9. The van der Waals surface area contributed by atoms with Crippen LogP contribution in [0.2, 0.25) is 0 Å². The van der Waals surface area contributed by atoms with Crippen LogP contribution in [0.25, 0.3) is 0 Å². The molecule has 3 rings (SSSR count). The summed E-state index contributed by atoms with van der Waals surface area (Å²) in [5.41, 5.74) is 2.23. The molecule has 140 valence electrons. The maximum Gasteiger partial charge on any atom is 0.242 e. The van der Waals surface area contributed by atoms with Crippen molar-refractivity contribution in [2.75, 3.05) is 19.6 Å². The summed E-state index contributed by atoms with van der Waals surface area (Å²) in [5, 5.41) is 12.0. The minimum Gasteiger partial charge on any atom is -0.350 e. The number of carbonyl (C=O) groups excluding carboxylic acids is 1. The molecule has 2 aromatic rings. The molecule has 1 saturated heterocycles. The van der Waals surface area contributed by atoms with Gasteiger partial charge in [0.2, 0.25) is 5.91 Å². The third-order valence-electron chi connectivity index (χ3n) is 5.00. The zero-order chi connectivity index (χ0) is 18.2. The van der Waals surface area contributed by atoms with E-state index in [9.17, 15) is 4.79 Å². The number of aromatic nitrogens is 1. The Kier molecular flexibility index (Phi) is 7.17. The molecule has 1 atom stereocenters. The van der Waals surface area contributed by atoms with Crippen molar-refractivity contribution in [1.29, 1.82) is 0 Å². The number of hydrogen-bond acceptors (Lipinski definition) is 5. The summed E-state index contributed by atoms with van der Waals surface area (Å²) in [6, 6.07) is 5.66. The van der Waals surface area contributed by atoms with E-state index in [0.717, 1.165) is 42.4 Å². The SMILES string of the molecule is Cc1ccsc1C(NCCC1CCNCC1)C(=O)NCc1ccncc1. The van der Waals surface area contributed by atoms with E-state index in [1.807, 2.05) is 12.1 Å². The average Bonchev–Trinajstić information content (AvgIpc) is 3.10. The molecule has 0 aromatic carbocycles. The molecule has 1 aliphatic rings. The predicted octanol–water partition coefficient (Wildman–Crippen LogP) is 2.79. The number of nitrogens with one attached hydrogen (secondary N) is 3. The molecule has 0 aliphatic carbocycles. The molecule has 0 radical (unpaired) electrons. The Labute approximate surface area is 159 Å². The van der Waals surface area contributed by atoms with E-state index in [1.54, 1.807) is 23.7 Å². The van der Waals surface area contributed by atoms with Crippen molar-refractivity contribution in [2.45, 2.75) is 38.8 Å². The average molecular weight is 373 g/mol. The Morgan fingerprint density at radius 3 is 2.77 bits per heavy atom. The molecule has 2 aromatic heterocycles. The van der Waals surface area contributed by atoms with Gasteiger partial charge in [-0.1, -0.05) is 0 Å². The number of rotatable bonds is 8. The molecule has 1 fully saturated rings. The summed E-state index contributed by atoms with van der Waals surface area (Å²) in [5.74, 6) is 0.798. The van der Waals surface area contributed by atoms with Gasteiger partial charge in [0, 0.05) is 23.8 Å². The normalized spacial score (nSPS) is 16.3. The fourth-order valence-electron chi connectivity index (χ4n) is 3.38. The number of pyridine rings is 1. The molecule has 5 nitrogen and oxygen atoms in total. The number of aryl methyl sites for hydroxylation is 1. The number of nitrogens with zero attached hydrogens (tertiary/aromatic N) is 1. The lowest BCUT2D eigenvalue weighted by Gasteiger charge is -2.24. The van der Waals surface area contributed by atoms with Crippen molar-refractivity contribution in [1.82, 2.24) is 20.9 Å². The van der Waals surface area contributed by atoms with Crippen LogP contribution in [-0.4, -0.2) is 30.5 Å². The van der Waals surface area contributed by atoms with E-state index in [4.69, 9.17) is 0 Å². The highest BCUT2D eigenvalue weighted by atomic mass is 32.1. The van der Waals surface area contributed by atoms with E-state index in [2.05, 4.69) is 39.3 Å². The minimum absolute atomic E-state index is 0.0395. The third-order valence-corrected chi connectivity index (χ3v) is 6.09. The fourth-order valence-corrected chi connectivity index (χ4v) is 4.38. The molecular weight excluding hydrogens is 344 g/mol. The first kappa shape index (κ1) is 19.0. The molecule has 6 heteroatoms. The summed E-state index contributed by atoms with van der Waals surface area (Å²) < 4.78 is 0. The highest BCUT2D eigenvalue weighted by Gasteiger charge is 2.23. The van der Waals surface area contributed by atoms with Gasteiger partial charge in [0.15, 0.2) is 0 Å². The van der Waals surface area contributed by atoms with Gasteiger partial charge in [0.05, 0.1) is 0 Å². The van der Waals surface area contributed by atoms with Gasteiger partial charge in [-0.25, -0.2) is 0 Å². The molecule has 1 aliphatic heterocycles. The monoisotopic (exact) mass is 372 g/mol. The van der Waals surface area contributed by atoms with Crippen molar-refractivity contribution >= 4 is 17.2 Å². The summed E-state index contributed by atoms with van der Waals surface area (Å²) in [6.07, 6.45) is 7.09. The molecular formula is C20H28N4OS. The van der Waals surface area contributed by atoms with Crippen molar-refractivity contribution in [3.8, 4) is 0 Å². The smallest absolute Gasteiger partial charge is 0.242 e. The second-order valence-electron chi connectivity index (χ2n) is 6.91. The van der Waals surface area contributed by atoms with Crippen molar-refractivity contribution in [2.24, 2.45) is 5.92 Å². The first-order valence-corrected chi connectivity index (χ1v) is 10.3.